The molecule has 22 heavy (non-hydrogen) atoms. The van der Waals surface area contributed by atoms with E-state index in [9.17, 15) is 0 Å². The van der Waals surface area contributed by atoms with Crippen LogP contribution in [0.25, 0.3) is 22.2 Å². The first-order chi connectivity index (χ1) is 10.6. The molecule has 0 aliphatic rings. The van der Waals surface area contributed by atoms with Gasteiger partial charge in [-0.05, 0) is 41.3 Å². The second-order valence-corrected chi connectivity index (χ2v) is 6.75. The summed E-state index contributed by atoms with van der Waals surface area (Å²) in [7, 11) is 0. The number of nitrogens with zero attached hydrogens (tertiary/aromatic N) is 2. The fraction of sp³-hybridized carbons (Fsp3) is 0.294. The summed E-state index contributed by atoms with van der Waals surface area (Å²) in [6.45, 7) is 5.00. The summed E-state index contributed by atoms with van der Waals surface area (Å²) in [4.78, 5) is 4.30. The third kappa shape index (κ3) is 2.55. The Bertz CT molecular complexity index is 805. The van der Waals surface area contributed by atoms with Crippen molar-refractivity contribution in [1.29, 1.82) is 0 Å². The minimum Gasteiger partial charge on any atom is -0.330 e. The van der Waals surface area contributed by atoms with Gasteiger partial charge in [-0.2, -0.15) is 5.10 Å². The maximum absolute atomic E-state index is 6.02. The Balaban J connectivity index is 2.20. The maximum atomic E-state index is 6.02. The SMILES string of the molecule is CCC(C)(CN)c1cc(Br)cc(-c2ccnc3[nH]ncc23)c1. The van der Waals surface area contributed by atoms with Gasteiger partial charge < -0.3 is 5.73 Å². The fourth-order valence-electron chi connectivity index (χ4n) is 2.66. The van der Waals surface area contributed by atoms with E-state index < -0.39 is 0 Å². The van der Waals surface area contributed by atoms with Crippen molar-refractivity contribution in [3.63, 3.8) is 0 Å². The van der Waals surface area contributed by atoms with Crippen molar-refractivity contribution >= 4 is 27.0 Å². The zero-order chi connectivity index (χ0) is 15.7. The molecule has 3 N–H and O–H groups in total. The number of halogens is 1. The van der Waals surface area contributed by atoms with Crippen molar-refractivity contribution in [2.24, 2.45) is 5.73 Å². The van der Waals surface area contributed by atoms with E-state index in [0.29, 0.717) is 6.54 Å². The molecule has 2 aromatic heterocycles. The molecule has 114 valence electrons. The van der Waals surface area contributed by atoms with Crippen molar-refractivity contribution in [2.45, 2.75) is 25.7 Å². The van der Waals surface area contributed by atoms with Crippen LogP contribution in [0.4, 0.5) is 0 Å². The highest BCUT2D eigenvalue weighted by atomic mass is 79.9. The van der Waals surface area contributed by atoms with E-state index in [2.05, 4.69) is 63.2 Å². The third-order valence-electron chi connectivity index (χ3n) is 4.49. The molecule has 4 nitrogen and oxygen atoms in total. The summed E-state index contributed by atoms with van der Waals surface area (Å²) >= 11 is 3.64. The molecule has 1 atom stereocenters. The molecule has 0 saturated heterocycles. The summed E-state index contributed by atoms with van der Waals surface area (Å²) in [5.41, 5.74) is 10.3. The van der Waals surface area contributed by atoms with Crippen LogP contribution in [0, 0.1) is 0 Å². The normalized spacial score (nSPS) is 14.2. The third-order valence-corrected chi connectivity index (χ3v) is 4.95. The van der Waals surface area contributed by atoms with E-state index >= 15 is 0 Å². The Morgan fingerprint density at radius 2 is 2.14 bits per heavy atom. The summed E-state index contributed by atoms with van der Waals surface area (Å²) < 4.78 is 1.06. The number of nitrogens with two attached hydrogens (primary N) is 1. The summed E-state index contributed by atoms with van der Waals surface area (Å²) in [5, 5.41) is 8.04. The van der Waals surface area contributed by atoms with Gasteiger partial charge in [-0.25, -0.2) is 4.98 Å². The number of hydrogen-bond acceptors (Lipinski definition) is 3. The molecule has 1 aromatic carbocycles. The number of aromatic amines is 1. The van der Waals surface area contributed by atoms with E-state index in [0.717, 1.165) is 33.1 Å². The van der Waals surface area contributed by atoms with Crippen LogP contribution in [0.3, 0.4) is 0 Å². The van der Waals surface area contributed by atoms with Crippen LogP contribution in [0.5, 0.6) is 0 Å². The molecule has 0 radical (unpaired) electrons. The second-order valence-electron chi connectivity index (χ2n) is 5.84. The number of fused-ring (bicyclic) bond motifs is 1. The standard InChI is InChI=1S/C17H19BrN4/c1-3-17(2,10-19)12-6-11(7-13(18)8-12)14-4-5-20-16-15(14)9-21-22-16/h4-9H,3,10,19H2,1-2H3,(H,20,21,22). The molecule has 0 bridgehead atoms. The van der Waals surface area contributed by atoms with Crippen LogP contribution >= 0.6 is 15.9 Å². The molecule has 0 aliphatic carbocycles. The average Bonchev–Trinajstić information content (AvgIpc) is 3.02. The molecule has 5 heteroatoms. The van der Waals surface area contributed by atoms with Gasteiger partial charge in [0.1, 0.15) is 0 Å². The van der Waals surface area contributed by atoms with Gasteiger partial charge in [-0.15, -0.1) is 0 Å². The van der Waals surface area contributed by atoms with Crippen molar-refractivity contribution in [1.82, 2.24) is 15.2 Å². The number of benzene rings is 1. The molecule has 0 fully saturated rings. The summed E-state index contributed by atoms with van der Waals surface area (Å²) in [5.74, 6) is 0. The molecule has 0 saturated carbocycles. The van der Waals surface area contributed by atoms with Crippen LogP contribution < -0.4 is 5.73 Å². The number of pyridine rings is 1. The van der Waals surface area contributed by atoms with Gasteiger partial charge in [0.05, 0.1) is 6.20 Å². The smallest absolute Gasteiger partial charge is 0.155 e. The van der Waals surface area contributed by atoms with E-state index in [1.54, 1.807) is 6.20 Å². The maximum Gasteiger partial charge on any atom is 0.155 e. The first kappa shape index (κ1) is 15.2. The number of H-pyrrole nitrogens is 1. The quantitative estimate of drug-likeness (QED) is 0.740. The number of hydrogen-bond donors (Lipinski definition) is 2. The summed E-state index contributed by atoms with van der Waals surface area (Å²) in [6, 6.07) is 8.53. The van der Waals surface area contributed by atoms with Crippen molar-refractivity contribution in [3.8, 4) is 11.1 Å². The van der Waals surface area contributed by atoms with Gasteiger partial charge in [-0.3, -0.25) is 5.10 Å². The van der Waals surface area contributed by atoms with Crippen molar-refractivity contribution < 1.29 is 0 Å². The molecule has 0 amide bonds. The van der Waals surface area contributed by atoms with Gasteiger partial charge >= 0.3 is 0 Å². The summed E-state index contributed by atoms with van der Waals surface area (Å²) in [6.07, 6.45) is 4.62. The van der Waals surface area contributed by atoms with Gasteiger partial charge in [0.2, 0.25) is 0 Å². The molecular formula is C17H19BrN4. The first-order valence-electron chi connectivity index (χ1n) is 7.37. The van der Waals surface area contributed by atoms with Crippen LogP contribution in [0.15, 0.2) is 41.1 Å². The largest absolute Gasteiger partial charge is 0.330 e. The highest BCUT2D eigenvalue weighted by Crippen LogP contribution is 2.35. The zero-order valence-corrected chi connectivity index (χ0v) is 14.3. The van der Waals surface area contributed by atoms with E-state index in [4.69, 9.17) is 5.73 Å². The molecule has 2 heterocycles. The number of nitrogens with one attached hydrogen (secondary N) is 1. The Hall–Kier alpha value is -1.72. The molecule has 0 spiro atoms. The minimum absolute atomic E-state index is 0.0267. The topological polar surface area (TPSA) is 67.6 Å². The van der Waals surface area contributed by atoms with Gasteiger partial charge in [0, 0.05) is 28.0 Å². The molecule has 3 aromatic rings. The first-order valence-corrected chi connectivity index (χ1v) is 8.16. The van der Waals surface area contributed by atoms with Crippen molar-refractivity contribution in [2.75, 3.05) is 6.54 Å². The van der Waals surface area contributed by atoms with Crippen LogP contribution in [-0.2, 0) is 5.41 Å². The minimum atomic E-state index is -0.0267. The Kier molecular flexibility index (Phi) is 4.02. The lowest BCUT2D eigenvalue weighted by Gasteiger charge is -2.28. The van der Waals surface area contributed by atoms with E-state index in [-0.39, 0.29) is 5.41 Å². The van der Waals surface area contributed by atoms with Crippen molar-refractivity contribution in [3.05, 3.63) is 46.7 Å². The predicted octanol–water partition coefficient (Wildman–Crippen LogP) is 4.01. The average molecular weight is 359 g/mol. The van der Waals surface area contributed by atoms with E-state index in [1.165, 1.54) is 5.56 Å². The molecule has 3 rings (SSSR count). The lowest BCUT2D eigenvalue weighted by atomic mass is 9.79. The van der Waals surface area contributed by atoms with Crippen LogP contribution in [0.1, 0.15) is 25.8 Å². The van der Waals surface area contributed by atoms with Crippen LogP contribution in [0.2, 0.25) is 0 Å². The van der Waals surface area contributed by atoms with Gasteiger partial charge in [0.25, 0.3) is 0 Å². The monoisotopic (exact) mass is 358 g/mol. The molecule has 0 aliphatic heterocycles. The predicted molar refractivity (Wildman–Crippen MR) is 93.7 cm³/mol. The second kappa shape index (κ2) is 5.82. The Morgan fingerprint density at radius 1 is 1.32 bits per heavy atom. The lowest BCUT2D eigenvalue weighted by Crippen LogP contribution is -2.31. The highest BCUT2D eigenvalue weighted by Gasteiger charge is 2.24. The van der Waals surface area contributed by atoms with Gasteiger partial charge in [0.15, 0.2) is 5.65 Å². The lowest BCUT2D eigenvalue weighted by molar-refractivity contribution is 0.467. The Labute approximate surface area is 138 Å². The number of rotatable bonds is 4. The van der Waals surface area contributed by atoms with Gasteiger partial charge in [-0.1, -0.05) is 35.8 Å². The molecule has 1 unspecified atom stereocenters. The van der Waals surface area contributed by atoms with E-state index in [1.807, 2.05) is 12.3 Å². The van der Waals surface area contributed by atoms with Crippen LogP contribution in [-0.4, -0.2) is 21.7 Å². The number of aromatic nitrogens is 3. The zero-order valence-electron chi connectivity index (χ0n) is 12.7. The highest BCUT2D eigenvalue weighted by molar-refractivity contribution is 9.10. The Morgan fingerprint density at radius 3 is 2.86 bits per heavy atom. The molecular weight excluding hydrogens is 340 g/mol. The fourth-order valence-corrected chi connectivity index (χ4v) is 3.16.